The van der Waals surface area contributed by atoms with E-state index < -0.39 is 0 Å². The highest BCUT2D eigenvalue weighted by Gasteiger charge is 2.26. The molecule has 0 aliphatic rings. The largest absolute Gasteiger partial charge is 0.462 e. The molecule has 2 aromatic heterocycles. The molecule has 0 fully saturated rings. The molecule has 0 spiro atoms. The number of tetrazole rings is 1. The normalized spacial score (nSPS) is 11.2. The van der Waals surface area contributed by atoms with E-state index in [1.54, 1.807) is 0 Å². The minimum absolute atomic E-state index is 0.163. The van der Waals surface area contributed by atoms with Crippen LogP contribution in [0.25, 0.3) is 22.5 Å². The van der Waals surface area contributed by atoms with Gasteiger partial charge in [-0.25, -0.2) is 4.79 Å². The number of ether oxygens (including phenoxy) is 1. The number of aromatic amines is 1. The first-order valence-corrected chi connectivity index (χ1v) is 11.7. The lowest BCUT2D eigenvalue weighted by Gasteiger charge is -2.12. The molecule has 0 aliphatic heterocycles. The Bertz CT molecular complexity index is 1240. The SMILES string of the molecule is CCCn1nc(Cc2ccc(-c3ccccc3-c3nn[nH]n3)cc2)c(C(=O)OCC)c1C(C)C. The summed E-state index contributed by atoms with van der Waals surface area (Å²) in [6.45, 7) is 9.22. The van der Waals surface area contributed by atoms with E-state index in [2.05, 4.69) is 65.7 Å². The summed E-state index contributed by atoms with van der Waals surface area (Å²) < 4.78 is 7.38. The predicted molar refractivity (Wildman–Crippen MR) is 130 cm³/mol. The third kappa shape index (κ3) is 4.76. The molecule has 0 bridgehead atoms. The Balaban J connectivity index is 1.67. The number of rotatable bonds is 9. The summed E-state index contributed by atoms with van der Waals surface area (Å²) in [5.41, 5.74) is 6.37. The van der Waals surface area contributed by atoms with Crippen LogP contribution in [0.1, 0.15) is 67.3 Å². The van der Waals surface area contributed by atoms with Gasteiger partial charge in [-0.3, -0.25) is 4.68 Å². The monoisotopic (exact) mass is 458 g/mol. The Morgan fingerprint density at radius 1 is 1.06 bits per heavy atom. The molecule has 1 N–H and O–H groups in total. The summed E-state index contributed by atoms with van der Waals surface area (Å²) >= 11 is 0. The number of esters is 1. The molecular weight excluding hydrogens is 428 g/mol. The fourth-order valence-corrected chi connectivity index (χ4v) is 4.25. The van der Waals surface area contributed by atoms with Gasteiger partial charge in [0.1, 0.15) is 5.56 Å². The fraction of sp³-hybridized carbons (Fsp3) is 0.346. The summed E-state index contributed by atoms with van der Waals surface area (Å²) in [5.74, 6) is 0.423. The lowest BCUT2D eigenvalue weighted by molar-refractivity contribution is 0.0523. The second kappa shape index (κ2) is 10.4. The molecule has 2 heterocycles. The Morgan fingerprint density at radius 3 is 2.41 bits per heavy atom. The molecule has 0 unspecified atom stereocenters. The summed E-state index contributed by atoms with van der Waals surface area (Å²) in [5, 5.41) is 19.3. The molecule has 176 valence electrons. The number of nitrogens with one attached hydrogen (secondary N) is 1. The fourth-order valence-electron chi connectivity index (χ4n) is 4.25. The molecule has 0 amide bonds. The highest BCUT2D eigenvalue weighted by molar-refractivity contribution is 5.92. The highest BCUT2D eigenvalue weighted by Crippen LogP contribution is 2.31. The van der Waals surface area contributed by atoms with Crippen LogP contribution in [-0.4, -0.2) is 43.0 Å². The zero-order chi connectivity index (χ0) is 24.1. The van der Waals surface area contributed by atoms with Crippen LogP contribution in [0.2, 0.25) is 0 Å². The summed E-state index contributed by atoms with van der Waals surface area (Å²) in [7, 11) is 0. The van der Waals surface area contributed by atoms with E-state index in [0.29, 0.717) is 24.4 Å². The number of hydrogen-bond acceptors (Lipinski definition) is 6. The third-order valence-electron chi connectivity index (χ3n) is 5.68. The molecule has 8 heteroatoms. The Morgan fingerprint density at radius 2 is 1.79 bits per heavy atom. The zero-order valence-corrected chi connectivity index (χ0v) is 20.1. The van der Waals surface area contributed by atoms with Gasteiger partial charge in [-0.2, -0.15) is 10.3 Å². The van der Waals surface area contributed by atoms with Gasteiger partial charge in [-0.15, -0.1) is 10.2 Å². The van der Waals surface area contributed by atoms with Gasteiger partial charge in [0.05, 0.1) is 18.0 Å². The number of hydrogen-bond donors (Lipinski definition) is 1. The van der Waals surface area contributed by atoms with Gasteiger partial charge in [0.15, 0.2) is 0 Å². The molecule has 34 heavy (non-hydrogen) atoms. The number of aryl methyl sites for hydroxylation is 1. The van der Waals surface area contributed by atoms with E-state index in [9.17, 15) is 4.79 Å². The van der Waals surface area contributed by atoms with Crippen molar-refractivity contribution in [3.05, 3.63) is 71.0 Å². The van der Waals surface area contributed by atoms with Crippen LogP contribution >= 0.6 is 0 Å². The van der Waals surface area contributed by atoms with Crippen molar-refractivity contribution in [1.82, 2.24) is 30.4 Å². The molecule has 2 aromatic carbocycles. The van der Waals surface area contributed by atoms with Crippen molar-refractivity contribution < 1.29 is 9.53 Å². The highest BCUT2D eigenvalue weighted by atomic mass is 16.5. The van der Waals surface area contributed by atoms with Crippen molar-refractivity contribution in [2.24, 2.45) is 0 Å². The van der Waals surface area contributed by atoms with Crippen molar-refractivity contribution in [2.45, 2.75) is 53.0 Å². The number of benzene rings is 2. The minimum atomic E-state index is -0.297. The van der Waals surface area contributed by atoms with E-state index in [1.807, 2.05) is 35.9 Å². The van der Waals surface area contributed by atoms with Crippen molar-refractivity contribution >= 4 is 5.97 Å². The Hall–Kier alpha value is -3.81. The van der Waals surface area contributed by atoms with E-state index in [4.69, 9.17) is 9.84 Å². The number of carbonyl (C=O) groups is 1. The number of aromatic nitrogens is 6. The average Bonchev–Trinajstić information content (AvgIpc) is 3.49. The number of H-pyrrole nitrogens is 1. The molecule has 8 nitrogen and oxygen atoms in total. The topological polar surface area (TPSA) is 98.6 Å². The minimum Gasteiger partial charge on any atom is -0.462 e. The standard InChI is InChI=1S/C26H30N6O2/c1-5-15-32-24(17(3)4)23(26(33)34-6-2)22(29-32)16-18-11-13-19(14-12-18)20-9-7-8-10-21(20)25-27-30-31-28-25/h7-14,17H,5-6,15-16H2,1-4H3,(H,27,28,30,31). The summed E-state index contributed by atoms with van der Waals surface area (Å²) in [4.78, 5) is 12.9. The molecule has 4 aromatic rings. The second-order valence-corrected chi connectivity index (χ2v) is 8.46. The number of carbonyl (C=O) groups excluding carboxylic acids is 1. The second-order valence-electron chi connectivity index (χ2n) is 8.46. The van der Waals surface area contributed by atoms with E-state index >= 15 is 0 Å². The predicted octanol–water partition coefficient (Wildman–Crippen LogP) is 5.03. The maximum atomic E-state index is 12.9. The van der Waals surface area contributed by atoms with Crippen LogP contribution in [-0.2, 0) is 17.7 Å². The quantitative estimate of drug-likeness (QED) is 0.353. The molecule has 0 saturated heterocycles. The average molecular weight is 459 g/mol. The summed E-state index contributed by atoms with van der Waals surface area (Å²) in [6.07, 6.45) is 1.49. The van der Waals surface area contributed by atoms with Crippen molar-refractivity contribution in [3.63, 3.8) is 0 Å². The zero-order valence-electron chi connectivity index (χ0n) is 20.1. The molecule has 0 aliphatic carbocycles. The van der Waals surface area contributed by atoms with Crippen molar-refractivity contribution in [3.8, 4) is 22.5 Å². The first kappa shape index (κ1) is 23.4. The van der Waals surface area contributed by atoms with Gasteiger partial charge in [-0.1, -0.05) is 69.3 Å². The van der Waals surface area contributed by atoms with Crippen LogP contribution in [0.3, 0.4) is 0 Å². The first-order valence-electron chi connectivity index (χ1n) is 11.7. The van der Waals surface area contributed by atoms with E-state index in [-0.39, 0.29) is 11.9 Å². The molecule has 0 atom stereocenters. The van der Waals surface area contributed by atoms with Gasteiger partial charge < -0.3 is 4.74 Å². The lowest BCUT2D eigenvalue weighted by atomic mass is 9.96. The van der Waals surface area contributed by atoms with E-state index in [0.717, 1.165) is 46.6 Å². The van der Waals surface area contributed by atoms with Crippen LogP contribution in [0.4, 0.5) is 0 Å². The smallest absolute Gasteiger partial charge is 0.341 e. The van der Waals surface area contributed by atoms with Crippen molar-refractivity contribution in [2.75, 3.05) is 6.61 Å². The third-order valence-corrected chi connectivity index (χ3v) is 5.68. The van der Waals surface area contributed by atoms with Gasteiger partial charge >= 0.3 is 5.97 Å². The number of nitrogens with zero attached hydrogens (tertiary/aromatic N) is 5. The van der Waals surface area contributed by atoms with Crippen LogP contribution in [0.5, 0.6) is 0 Å². The Labute approximate surface area is 199 Å². The van der Waals surface area contributed by atoms with Gasteiger partial charge in [-0.05, 0) is 41.2 Å². The van der Waals surface area contributed by atoms with Crippen molar-refractivity contribution in [1.29, 1.82) is 0 Å². The van der Waals surface area contributed by atoms with Crippen LogP contribution in [0, 0.1) is 0 Å². The van der Waals surface area contributed by atoms with Gasteiger partial charge in [0.25, 0.3) is 0 Å². The van der Waals surface area contributed by atoms with Crippen LogP contribution in [0.15, 0.2) is 48.5 Å². The van der Waals surface area contributed by atoms with E-state index in [1.165, 1.54) is 0 Å². The molecule has 0 saturated carbocycles. The molecular formula is C26H30N6O2. The maximum Gasteiger partial charge on any atom is 0.341 e. The van der Waals surface area contributed by atoms with Gasteiger partial charge in [0, 0.05) is 18.5 Å². The lowest BCUT2D eigenvalue weighted by Crippen LogP contribution is -2.12. The summed E-state index contributed by atoms with van der Waals surface area (Å²) in [6, 6.07) is 16.3. The first-order chi connectivity index (χ1) is 16.5. The van der Waals surface area contributed by atoms with Gasteiger partial charge in [0.2, 0.25) is 5.82 Å². The Kier molecular flexibility index (Phi) is 7.15. The van der Waals surface area contributed by atoms with Crippen LogP contribution < -0.4 is 0 Å². The molecule has 0 radical (unpaired) electrons. The maximum absolute atomic E-state index is 12.9. The molecule has 4 rings (SSSR count).